The molecule has 1 aromatic rings. The average molecular weight is 288 g/mol. The number of hydrogen-bond donors (Lipinski definition) is 1. The van der Waals surface area contributed by atoms with E-state index in [1.807, 2.05) is 6.07 Å². The molecule has 0 saturated heterocycles. The van der Waals surface area contributed by atoms with Crippen molar-refractivity contribution in [1.82, 2.24) is 5.32 Å². The lowest BCUT2D eigenvalue weighted by molar-refractivity contribution is -0.112. The van der Waals surface area contributed by atoms with E-state index in [-0.39, 0.29) is 11.7 Å². The molecule has 5 nitrogen and oxygen atoms in total. The van der Waals surface area contributed by atoms with Crippen molar-refractivity contribution in [2.24, 2.45) is 4.99 Å². The van der Waals surface area contributed by atoms with Gasteiger partial charge in [0.05, 0.1) is 12.3 Å². The van der Waals surface area contributed by atoms with Gasteiger partial charge in [-0.25, -0.2) is 0 Å². The molecule has 1 rings (SSSR count). The van der Waals surface area contributed by atoms with E-state index in [0.717, 1.165) is 5.56 Å². The summed E-state index contributed by atoms with van der Waals surface area (Å²) < 4.78 is 4.89. The van der Waals surface area contributed by atoms with Crippen molar-refractivity contribution >= 4 is 17.4 Å². The van der Waals surface area contributed by atoms with Gasteiger partial charge in [0.2, 0.25) is 0 Å². The summed E-state index contributed by atoms with van der Waals surface area (Å²) >= 11 is 0. The topological polar surface area (TPSA) is 67.8 Å². The predicted molar refractivity (Wildman–Crippen MR) is 82.9 cm³/mol. The first-order valence-electron chi connectivity index (χ1n) is 6.61. The Morgan fingerprint density at radius 2 is 2.00 bits per heavy atom. The van der Waals surface area contributed by atoms with Crippen LogP contribution in [0.15, 0.2) is 41.4 Å². The quantitative estimate of drug-likeness (QED) is 0.471. The first-order chi connectivity index (χ1) is 10.1. The minimum atomic E-state index is -0.167. The molecule has 21 heavy (non-hydrogen) atoms. The molecule has 0 aromatic heterocycles. The summed E-state index contributed by atoms with van der Waals surface area (Å²) in [5, 5.41) is 2.76. The molecular formula is C16H20N2O3. The molecule has 0 aliphatic carbocycles. The minimum Gasteiger partial charge on any atom is -0.383 e. The third-order valence-corrected chi connectivity index (χ3v) is 2.73. The van der Waals surface area contributed by atoms with E-state index in [1.54, 1.807) is 38.4 Å². The van der Waals surface area contributed by atoms with Gasteiger partial charge in [-0.1, -0.05) is 12.1 Å². The van der Waals surface area contributed by atoms with Crippen LogP contribution in [0.3, 0.4) is 0 Å². The Bertz CT molecular complexity index is 562. The third kappa shape index (κ3) is 5.71. The first-order valence-corrected chi connectivity index (χ1v) is 6.61. The number of nitrogens with one attached hydrogen (secondary N) is 1. The van der Waals surface area contributed by atoms with Crippen molar-refractivity contribution in [2.75, 3.05) is 27.3 Å². The molecule has 1 aromatic carbocycles. The van der Waals surface area contributed by atoms with Crippen molar-refractivity contribution in [1.29, 1.82) is 0 Å². The fraction of sp³-hybridized carbons (Fsp3) is 0.312. The maximum Gasteiger partial charge on any atom is 0.251 e. The Morgan fingerprint density at radius 3 is 2.62 bits per heavy atom. The van der Waals surface area contributed by atoms with Crippen LogP contribution in [0.5, 0.6) is 0 Å². The lowest BCUT2D eigenvalue weighted by atomic mass is 10.1. The Balaban J connectivity index is 2.88. The number of benzene rings is 1. The number of carbonyl (C=O) groups excluding carboxylic acids is 2. The van der Waals surface area contributed by atoms with Gasteiger partial charge in [-0.15, -0.1) is 0 Å². The Labute approximate surface area is 124 Å². The van der Waals surface area contributed by atoms with Gasteiger partial charge in [0.25, 0.3) is 5.91 Å². The van der Waals surface area contributed by atoms with E-state index >= 15 is 0 Å². The Kier molecular flexibility index (Phi) is 7.04. The fourth-order valence-electron chi connectivity index (χ4n) is 1.68. The number of ether oxygens (including phenoxy) is 1. The summed E-state index contributed by atoms with van der Waals surface area (Å²) in [5.41, 5.74) is 1.98. The van der Waals surface area contributed by atoms with Crippen LogP contribution in [0.25, 0.3) is 0 Å². The molecule has 1 amide bonds. The number of amides is 1. The summed E-state index contributed by atoms with van der Waals surface area (Å²) in [5.74, 6) is -0.218. The number of methoxy groups -OCH3 is 1. The Hall–Kier alpha value is -2.27. The minimum absolute atomic E-state index is 0.0513. The summed E-state index contributed by atoms with van der Waals surface area (Å²) in [7, 11) is 3.23. The van der Waals surface area contributed by atoms with Gasteiger partial charge in [0, 0.05) is 31.8 Å². The zero-order valence-electron chi connectivity index (χ0n) is 12.6. The van der Waals surface area contributed by atoms with Gasteiger partial charge in [-0.3, -0.25) is 14.6 Å². The van der Waals surface area contributed by atoms with Gasteiger partial charge in [-0.05, 0) is 31.2 Å². The van der Waals surface area contributed by atoms with E-state index in [0.29, 0.717) is 24.4 Å². The second-order valence-corrected chi connectivity index (χ2v) is 4.38. The van der Waals surface area contributed by atoms with E-state index in [4.69, 9.17) is 4.74 Å². The molecule has 0 unspecified atom stereocenters. The van der Waals surface area contributed by atoms with E-state index in [1.165, 1.54) is 13.0 Å². The molecule has 0 aliphatic heterocycles. The first kappa shape index (κ1) is 16.8. The zero-order chi connectivity index (χ0) is 15.7. The van der Waals surface area contributed by atoms with Crippen molar-refractivity contribution in [3.05, 3.63) is 47.5 Å². The van der Waals surface area contributed by atoms with Crippen LogP contribution < -0.4 is 5.32 Å². The lowest BCUT2D eigenvalue weighted by Gasteiger charge is -2.06. The SMILES string of the molecule is CN=C(/C=C\C(C)=O)c1cccc(C(=O)NCCOC)c1. The van der Waals surface area contributed by atoms with Crippen LogP contribution in [-0.4, -0.2) is 44.7 Å². The fourth-order valence-corrected chi connectivity index (χ4v) is 1.68. The van der Waals surface area contributed by atoms with Crippen molar-refractivity contribution in [2.45, 2.75) is 6.92 Å². The number of allylic oxidation sites excluding steroid dienone is 2. The van der Waals surface area contributed by atoms with Crippen LogP contribution >= 0.6 is 0 Å². The molecule has 0 fully saturated rings. The number of rotatable bonds is 7. The molecule has 5 heteroatoms. The lowest BCUT2D eigenvalue weighted by Crippen LogP contribution is -2.27. The van der Waals surface area contributed by atoms with Crippen LogP contribution in [-0.2, 0) is 9.53 Å². The average Bonchev–Trinajstić information content (AvgIpc) is 2.48. The largest absolute Gasteiger partial charge is 0.383 e. The number of hydrogen-bond acceptors (Lipinski definition) is 4. The maximum atomic E-state index is 12.0. The predicted octanol–water partition coefficient (Wildman–Crippen LogP) is 1.63. The molecule has 0 spiro atoms. The third-order valence-electron chi connectivity index (χ3n) is 2.73. The van der Waals surface area contributed by atoms with E-state index in [2.05, 4.69) is 10.3 Å². The van der Waals surface area contributed by atoms with Crippen LogP contribution in [0.2, 0.25) is 0 Å². The number of aliphatic imine (C=N–C) groups is 1. The molecule has 112 valence electrons. The summed E-state index contributed by atoms with van der Waals surface area (Å²) in [6.45, 7) is 2.40. The van der Waals surface area contributed by atoms with E-state index < -0.39 is 0 Å². The van der Waals surface area contributed by atoms with Crippen molar-refractivity contribution in [3.63, 3.8) is 0 Å². The van der Waals surface area contributed by atoms with Gasteiger partial charge in [-0.2, -0.15) is 0 Å². The maximum absolute atomic E-state index is 12.0. The van der Waals surface area contributed by atoms with Crippen LogP contribution in [0, 0.1) is 0 Å². The number of carbonyl (C=O) groups is 2. The smallest absolute Gasteiger partial charge is 0.251 e. The zero-order valence-corrected chi connectivity index (χ0v) is 12.6. The summed E-state index contributed by atoms with van der Waals surface area (Å²) in [6.07, 6.45) is 3.10. The standard InChI is InChI=1S/C16H20N2O3/c1-12(19)7-8-15(17-2)13-5-4-6-14(11-13)16(20)18-9-10-21-3/h4-8,11H,9-10H2,1-3H3,(H,18,20)/b8-7-,17-15?. The molecular weight excluding hydrogens is 268 g/mol. The van der Waals surface area contributed by atoms with E-state index in [9.17, 15) is 9.59 Å². The molecule has 0 radical (unpaired) electrons. The summed E-state index contributed by atoms with van der Waals surface area (Å²) in [6, 6.07) is 7.11. The van der Waals surface area contributed by atoms with Gasteiger partial charge < -0.3 is 10.1 Å². The molecule has 0 aliphatic rings. The molecule has 1 N–H and O–H groups in total. The molecule has 0 atom stereocenters. The molecule has 0 heterocycles. The van der Waals surface area contributed by atoms with Gasteiger partial charge >= 0.3 is 0 Å². The second-order valence-electron chi connectivity index (χ2n) is 4.38. The van der Waals surface area contributed by atoms with Crippen molar-refractivity contribution < 1.29 is 14.3 Å². The Morgan fingerprint density at radius 1 is 1.29 bits per heavy atom. The van der Waals surface area contributed by atoms with Crippen LogP contribution in [0.1, 0.15) is 22.8 Å². The second kappa shape index (κ2) is 8.81. The van der Waals surface area contributed by atoms with Crippen molar-refractivity contribution in [3.8, 4) is 0 Å². The van der Waals surface area contributed by atoms with Crippen LogP contribution in [0.4, 0.5) is 0 Å². The highest BCUT2D eigenvalue weighted by molar-refractivity contribution is 6.12. The van der Waals surface area contributed by atoms with Gasteiger partial charge in [0.15, 0.2) is 5.78 Å². The highest BCUT2D eigenvalue weighted by Crippen LogP contribution is 2.08. The molecule has 0 bridgehead atoms. The number of nitrogens with zero attached hydrogens (tertiary/aromatic N) is 1. The highest BCUT2D eigenvalue weighted by atomic mass is 16.5. The van der Waals surface area contributed by atoms with Gasteiger partial charge in [0.1, 0.15) is 0 Å². The highest BCUT2D eigenvalue weighted by Gasteiger charge is 2.07. The number of ketones is 1. The normalized spacial score (nSPS) is 11.7. The molecule has 0 saturated carbocycles. The summed E-state index contributed by atoms with van der Waals surface area (Å²) in [4.78, 5) is 27.1. The monoisotopic (exact) mass is 288 g/mol.